The Bertz CT molecular complexity index is 1150. The molecule has 1 N–H and O–H groups in total. The minimum Gasteiger partial charge on any atom is -0.493 e. The van der Waals surface area contributed by atoms with Crippen LogP contribution in [0.3, 0.4) is 0 Å². The molecule has 0 spiro atoms. The highest BCUT2D eigenvalue weighted by atomic mass is 16.5. The molecule has 0 amide bonds. The molecule has 0 bridgehead atoms. The zero-order valence-electron chi connectivity index (χ0n) is 15.2. The van der Waals surface area contributed by atoms with Gasteiger partial charge in [-0.1, -0.05) is 60.7 Å². The van der Waals surface area contributed by atoms with Gasteiger partial charge in [0.1, 0.15) is 0 Å². The number of aromatic nitrogens is 1. The van der Waals surface area contributed by atoms with E-state index < -0.39 is 0 Å². The van der Waals surface area contributed by atoms with Crippen molar-refractivity contribution in [3.05, 3.63) is 83.2 Å². The zero-order chi connectivity index (χ0) is 18.8. The molecule has 4 aromatic rings. The molecule has 0 saturated carbocycles. The van der Waals surface area contributed by atoms with E-state index in [2.05, 4.69) is 4.98 Å². The van der Waals surface area contributed by atoms with Crippen LogP contribution in [0.15, 0.2) is 77.6 Å². The molecule has 4 nitrogen and oxygen atoms in total. The topological polar surface area (TPSA) is 51.3 Å². The van der Waals surface area contributed by atoms with Crippen molar-refractivity contribution in [2.75, 3.05) is 14.2 Å². The van der Waals surface area contributed by atoms with Gasteiger partial charge in [-0.15, -0.1) is 0 Å². The second-order valence-corrected chi connectivity index (χ2v) is 6.19. The van der Waals surface area contributed by atoms with E-state index in [0.717, 1.165) is 27.8 Å². The van der Waals surface area contributed by atoms with E-state index in [1.807, 2.05) is 66.7 Å². The van der Waals surface area contributed by atoms with Gasteiger partial charge in [-0.05, 0) is 23.3 Å². The molecular formula is C23H19NO3. The van der Waals surface area contributed by atoms with Gasteiger partial charge in [0.15, 0.2) is 11.5 Å². The Kier molecular flexibility index (Phi) is 4.38. The molecule has 4 rings (SSSR count). The van der Waals surface area contributed by atoms with Crippen LogP contribution in [0.2, 0.25) is 0 Å². The minimum absolute atomic E-state index is 0.163. The average molecular weight is 357 g/mol. The fourth-order valence-electron chi connectivity index (χ4n) is 3.38. The second-order valence-electron chi connectivity index (χ2n) is 6.19. The number of benzene rings is 3. The van der Waals surface area contributed by atoms with Crippen molar-refractivity contribution in [2.45, 2.75) is 0 Å². The fourth-order valence-corrected chi connectivity index (χ4v) is 3.38. The van der Waals surface area contributed by atoms with Gasteiger partial charge in [0, 0.05) is 10.9 Å². The highest BCUT2D eigenvalue weighted by Gasteiger charge is 2.17. The Hall–Kier alpha value is -3.53. The van der Waals surface area contributed by atoms with Crippen LogP contribution in [0.4, 0.5) is 0 Å². The molecule has 1 aromatic heterocycles. The summed E-state index contributed by atoms with van der Waals surface area (Å²) in [6.07, 6.45) is 0. The van der Waals surface area contributed by atoms with Crippen molar-refractivity contribution in [1.29, 1.82) is 0 Å². The molecule has 0 radical (unpaired) electrons. The fraction of sp³-hybridized carbons (Fsp3) is 0.0870. The van der Waals surface area contributed by atoms with E-state index >= 15 is 0 Å². The van der Waals surface area contributed by atoms with E-state index in [1.165, 1.54) is 0 Å². The van der Waals surface area contributed by atoms with Crippen molar-refractivity contribution >= 4 is 10.8 Å². The van der Waals surface area contributed by atoms with Crippen molar-refractivity contribution in [1.82, 2.24) is 4.98 Å². The molecule has 4 heteroatoms. The molecule has 0 aliphatic heterocycles. The van der Waals surface area contributed by atoms with Crippen LogP contribution >= 0.6 is 0 Å². The van der Waals surface area contributed by atoms with E-state index in [1.54, 1.807) is 20.3 Å². The third kappa shape index (κ3) is 2.95. The molecule has 0 saturated heterocycles. The first-order valence-corrected chi connectivity index (χ1v) is 8.65. The van der Waals surface area contributed by atoms with Gasteiger partial charge in [-0.2, -0.15) is 0 Å². The number of aromatic amines is 1. The molecule has 0 aliphatic carbocycles. The number of hydrogen-bond acceptors (Lipinski definition) is 3. The Morgan fingerprint density at radius 3 is 1.78 bits per heavy atom. The third-order valence-electron chi connectivity index (χ3n) is 4.65. The number of rotatable bonds is 4. The molecule has 134 valence electrons. The molecule has 27 heavy (non-hydrogen) atoms. The summed E-state index contributed by atoms with van der Waals surface area (Å²) in [7, 11) is 3.16. The maximum Gasteiger partial charge on any atom is 0.256 e. The van der Waals surface area contributed by atoms with Crippen LogP contribution in [-0.2, 0) is 0 Å². The highest BCUT2D eigenvalue weighted by Crippen LogP contribution is 2.39. The molecule has 0 aliphatic rings. The van der Waals surface area contributed by atoms with E-state index in [9.17, 15) is 4.79 Å². The summed E-state index contributed by atoms with van der Waals surface area (Å²) >= 11 is 0. The summed E-state index contributed by atoms with van der Waals surface area (Å²) in [6, 6.07) is 23.5. The largest absolute Gasteiger partial charge is 0.493 e. The first-order chi connectivity index (χ1) is 13.2. The van der Waals surface area contributed by atoms with Crippen molar-refractivity contribution < 1.29 is 9.47 Å². The molecule has 0 atom stereocenters. The monoisotopic (exact) mass is 357 g/mol. The van der Waals surface area contributed by atoms with Crippen LogP contribution in [0.1, 0.15) is 0 Å². The van der Waals surface area contributed by atoms with E-state index in [4.69, 9.17) is 9.47 Å². The number of hydrogen-bond donors (Lipinski definition) is 1. The average Bonchev–Trinajstić information content (AvgIpc) is 2.74. The van der Waals surface area contributed by atoms with Gasteiger partial charge < -0.3 is 14.5 Å². The second kappa shape index (κ2) is 7.00. The smallest absolute Gasteiger partial charge is 0.256 e. The molecular weight excluding hydrogens is 338 g/mol. The quantitative estimate of drug-likeness (QED) is 0.566. The van der Waals surface area contributed by atoms with Crippen LogP contribution in [0.5, 0.6) is 11.5 Å². The molecule has 0 fully saturated rings. The Morgan fingerprint density at radius 2 is 1.22 bits per heavy atom. The Morgan fingerprint density at radius 1 is 0.704 bits per heavy atom. The van der Waals surface area contributed by atoms with Crippen molar-refractivity contribution in [2.24, 2.45) is 0 Å². The number of nitrogens with one attached hydrogen (secondary N) is 1. The van der Waals surface area contributed by atoms with Gasteiger partial charge in [0.25, 0.3) is 5.56 Å². The lowest BCUT2D eigenvalue weighted by Gasteiger charge is -2.16. The maximum atomic E-state index is 12.9. The summed E-state index contributed by atoms with van der Waals surface area (Å²) in [6.45, 7) is 0. The first-order valence-electron chi connectivity index (χ1n) is 8.65. The van der Waals surface area contributed by atoms with Crippen LogP contribution in [0.25, 0.3) is 33.2 Å². The lowest BCUT2D eigenvalue weighted by molar-refractivity contribution is 0.356. The predicted molar refractivity (Wildman–Crippen MR) is 109 cm³/mol. The highest BCUT2D eigenvalue weighted by molar-refractivity contribution is 6.03. The van der Waals surface area contributed by atoms with E-state index in [-0.39, 0.29) is 5.56 Å². The molecule has 3 aromatic carbocycles. The van der Waals surface area contributed by atoms with Gasteiger partial charge in [0.05, 0.1) is 25.3 Å². The number of ether oxygens (including phenoxy) is 2. The van der Waals surface area contributed by atoms with Crippen molar-refractivity contribution in [3.63, 3.8) is 0 Å². The van der Waals surface area contributed by atoms with Crippen molar-refractivity contribution in [3.8, 4) is 33.9 Å². The third-order valence-corrected chi connectivity index (χ3v) is 4.65. The maximum absolute atomic E-state index is 12.9. The number of fused-ring (bicyclic) bond motifs is 1. The summed E-state index contributed by atoms with van der Waals surface area (Å²) in [5.41, 5.74) is 3.54. The first kappa shape index (κ1) is 16.9. The summed E-state index contributed by atoms with van der Waals surface area (Å²) in [5.74, 6) is 1.12. The minimum atomic E-state index is -0.163. The molecule has 1 heterocycles. The number of pyridine rings is 1. The van der Waals surface area contributed by atoms with Gasteiger partial charge >= 0.3 is 0 Å². The Balaban J connectivity index is 2.17. The number of methoxy groups -OCH3 is 2. The SMILES string of the molecule is COc1cc2c(-c3ccccc3)c(-c3ccccc3)[nH]c(=O)c2cc1OC. The lowest BCUT2D eigenvalue weighted by Crippen LogP contribution is -2.10. The van der Waals surface area contributed by atoms with Gasteiger partial charge in [-0.25, -0.2) is 0 Å². The summed E-state index contributed by atoms with van der Waals surface area (Å²) in [5, 5.41) is 1.38. The summed E-state index contributed by atoms with van der Waals surface area (Å²) < 4.78 is 10.9. The van der Waals surface area contributed by atoms with Crippen LogP contribution in [0, 0.1) is 0 Å². The standard InChI is InChI=1S/C23H19NO3/c1-26-19-13-17-18(14-20(19)27-2)23(25)24-22(16-11-7-4-8-12-16)21(17)15-9-5-3-6-10-15/h3-14H,1-2H3,(H,24,25). The number of H-pyrrole nitrogens is 1. The van der Waals surface area contributed by atoms with Crippen LogP contribution in [-0.4, -0.2) is 19.2 Å². The van der Waals surface area contributed by atoms with Gasteiger partial charge in [-0.3, -0.25) is 4.79 Å². The molecule has 0 unspecified atom stereocenters. The normalized spacial score (nSPS) is 10.7. The predicted octanol–water partition coefficient (Wildman–Crippen LogP) is 4.88. The lowest BCUT2D eigenvalue weighted by atomic mass is 9.94. The van der Waals surface area contributed by atoms with Gasteiger partial charge in [0.2, 0.25) is 0 Å². The van der Waals surface area contributed by atoms with E-state index in [0.29, 0.717) is 16.9 Å². The summed E-state index contributed by atoms with van der Waals surface area (Å²) in [4.78, 5) is 15.9. The zero-order valence-corrected chi connectivity index (χ0v) is 15.2. The Labute approximate surface area is 157 Å². The van der Waals surface area contributed by atoms with Crippen LogP contribution < -0.4 is 15.0 Å².